The number of nitrogens with one attached hydrogen (secondary N) is 2. The number of rotatable bonds is 16. The maximum Gasteiger partial charge on any atom is 0.416 e. The van der Waals surface area contributed by atoms with Crippen molar-refractivity contribution in [3.63, 3.8) is 0 Å². The van der Waals surface area contributed by atoms with Gasteiger partial charge in [-0.15, -0.1) is 0 Å². The molecule has 20 heteroatoms. The minimum atomic E-state index is -4.39. The van der Waals surface area contributed by atoms with Crippen LogP contribution in [0.1, 0.15) is 143 Å². The van der Waals surface area contributed by atoms with Crippen molar-refractivity contribution in [2.75, 3.05) is 11.5 Å². The van der Waals surface area contributed by atoms with Crippen LogP contribution in [0.5, 0.6) is 0 Å². The van der Waals surface area contributed by atoms with Crippen molar-refractivity contribution in [1.82, 2.24) is 29.7 Å². The smallest absolute Gasteiger partial charge is 0.348 e. The number of alkyl halides is 6. The lowest BCUT2D eigenvalue weighted by atomic mass is 9.99. The van der Waals surface area contributed by atoms with Crippen molar-refractivity contribution in [1.29, 1.82) is 0 Å². The van der Waals surface area contributed by atoms with Gasteiger partial charge < -0.3 is 19.8 Å². The highest BCUT2D eigenvalue weighted by Crippen LogP contribution is 2.43. The zero-order chi connectivity index (χ0) is 55.9. The molecule has 0 aliphatic heterocycles. The first kappa shape index (κ1) is 55.4. The van der Waals surface area contributed by atoms with E-state index in [1.54, 1.807) is 62.4 Å². The maximum atomic E-state index is 13.0. The van der Waals surface area contributed by atoms with Crippen LogP contribution < -0.4 is 10.6 Å². The van der Waals surface area contributed by atoms with Crippen molar-refractivity contribution >= 4 is 53.6 Å². The number of amides is 2. The fraction of sp³-hybridized carbons (Fsp3) is 0.310. The van der Waals surface area contributed by atoms with Gasteiger partial charge in [0, 0.05) is 48.1 Å². The van der Waals surface area contributed by atoms with Gasteiger partial charge in [0.2, 0.25) is 0 Å². The summed E-state index contributed by atoms with van der Waals surface area (Å²) in [5, 5.41) is 5.72. The Kier molecular flexibility index (Phi) is 15.5. The molecule has 408 valence electrons. The summed E-state index contributed by atoms with van der Waals surface area (Å²) in [6.07, 6.45) is -4.78. The van der Waals surface area contributed by atoms with Crippen molar-refractivity contribution in [2.45, 2.75) is 113 Å². The monoisotopic (exact) mass is 1110 g/mol. The van der Waals surface area contributed by atoms with E-state index in [0.29, 0.717) is 22.2 Å². The summed E-state index contributed by atoms with van der Waals surface area (Å²) in [6.45, 7) is 7.49. The average Bonchev–Trinajstić information content (AvgIpc) is 4.50. The quantitative estimate of drug-likeness (QED) is 0.0904. The minimum Gasteiger partial charge on any atom is -0.348 e. The Morgan fingerprint density at radius 2 is 0.859 bits per heavy atom. The Labute approximate surface area is 447 Å². The lowest BCUT2D eigenvalue weighted by Crippen LogP contribution is -2.22. The average molecular weight is 1110 g/mol. The van der Waals surface area contributed by atoms with Crippen LogP contribution in [0.2, 0.25) is 0 Å². The van der Waals surface area contributed by atoms with Gasteiger partial charge in [-0.2, -0.15) is 26.3 Å². The third-order valence-electron chi connectivity index (χ3n) is 14.3. The number of benzene rings is 6. The van der Waals surface area contributed by atoms with Crippen LogP contribution in [-0.2, 0) is 45.1 Å². The summed E-state index contributed by atoms with van der Waals surface area (Å²) in [5.74, 6) is 0.494. The predicted molar refractivity (Wildman–Crippen MR) is 285 cm³/mol. The zero-order valence-corrected chi connectivity index (χ0v) is 44.6. The second-order valence-corrected chi connectivity index (χ2v) is 24.2. The molecule has 10 rings (SSSR count). The molecule has 2 aliphatic rings. The van der Waals surface area contributed by atoms with Crippen molar-refractivity contribution < 1.29 is 52.8 Å². The molecule has 6 aromatic carbocycles. The number of sulfone groups is 2. The maximum absolute atomic E-state index is 13.0. The van der Waals surface area contributed by atoms with Gasteiger partial charge >= 0.3 is 12.4 Å². The highest BCUT2D eigenvalue weighted by Gasteiger charge is 2.35. The predicted octanol–water partition coefficient (Wildman–Crippen LogP) is 12.5. The second kappa shape index (κ2) is 21.8. The second-order valence-electron chi connectivity index (χ2n) is 19.7. The van der Waals surface area contributed by atoms with E-state index in [-0.39, 0.29) is 70.1 Å². The van der Waals surface area contributed by atoms with E-state index in [4.69, 9.17) is 9.97 Å². The minimum absolute atomic E-state index is 0.0207. The molecule has 0 radical (unpaired) electrons. The normalized spacial score (nSPS) is 14.9. The van der Waals surface area contributed by atoms with Crippen molar-refractivity contribution in [3.05, 3.63) is 190 Å². The zero-order valence-electron chi connectivity index (χ0n) is 43.0. The number of imidazole rings is 2. The van der Waals surface area contributed by atoms with Gasteiger partial charge in [0.25, 0.3) is 11.8 Å². The highest BCUT2D eigenvalue weighted by molar-refractivity contribution is 7.91. The molecule has 0 spiro atoms. The van der Waals surface area contributed by atoms with Gasteiger partial charge in [-0.05, 0) is 133 Å². The van der Waals surface area contributed by atoms with E-state index in [1.165, 1.54) is 48.5 Å². The van der Waals surface area contributed by atoms with Crippen LogP contribution in [0.25, 0.3) is 22.1 Å². The number of carbonyl (C=O) groups is 2. The van der Waals surface area contributed by atoms with E-state index < -0.39 is 43.2 Å². The molecule has 2 amide bonds. The first-order valence-corrected chi connectivity index (χ1v) is 28.8. The molecule has 2 fully saturated rings. The number of nitrogens with zero attached hydrogens (tertiary/aromatic N) is 4. The van der Waals surface area contributed by atoms with Crippen LogP contribution in [0.15, 0.2) is 143 Å². The van der Waals surface area contributed by atoms with Crippen molar-refractivity contribution in [3.8, 4) is 0 Å². The summed E-state index contributed by atoms with van der Waals surface area (Å²) in [4.78, 5) is 36.0. The molecule has 8 aromatic rings. The molecule has 2 saturated carbocycles. The Bertz CT molecular complexity index is 3490. The van der Waals surface area contributed by atoms with Crippen LogP contribution in [0.3, 0.4) is 0 Å². The Morgan fingerprint density at radius 1 is 0.526 bits per heavy atom. The van der Waals surface area contributed by atoms with Crippen LogP contribution in [-0.4, -0.2) is 59.3 Å². The van der Waals surface area contributed by atoms with E-state index in [9.17, 15) is 52.8 Å². The molecule has 0 bridgehead atoms. The number of hydrogen-bond donors (Lipinski definition) is 2. The van der Waals surface area contributed by atoms with Gasteiger partial charge in [0.15, 0.2) is 19.7 Å². The Morgan fingerprint density at radius 3 is 1.15 bits per heavy atom. The summed E-state index contributed by atoms with van der Waals surface area (Å²) in [7, 11) is -6.57. The van der Waals surface area contributed by atoms with Crippen molar-refractivity contribution in [2.24, 2.45) is 0 Å². The fourth-order valence-corrected chi connectivity index (χ4v) is 11.1. The van der Waals surface area contributed by atoms with Gasteiger partial charge in [0.05, 0.1) is 54.5 Å². The molecule has 2 aromatic heterocycles. The number of halogens is 6. The third kappa shape index (κ3) is 12.2. The lowest BCUT2D eigenvalue weighted by Gasteiger charge is -2.16. The molecule has 2 atom stereocenters. The van der Waals surface area contributed by atoms with E-state index >= 15 is 0 Å². The number of fused-ring (bicyclic) bond motifs is 2. The topological polar surface area (TPSA) is 162 Å². The van der Waals surface area contributed by atoms with E-state index in [1.807, 2.05) is 26.0 Å². The van der Waals surface area contributed by atoms with Crippen LogP contribution in [0, 0.1) is 0 Å². The Hall–Kier alpha value is -7.32. The molecule has 0 unspecified atom stereocenters. The standard InChI is InChI=1S/2C29H28F3N3O3S/c2*1-3-39(37,38)24-13-4-19(5-14-24)17-33-28(36)21-8-15-26-25(16-21)34-27(35(26)23-11-12-23)18(2)20-6-9-22(10-7-20)29(30,31)32/h2*4-10,13-16,18,23H,3,11-12,17H2,1-2H3,(H,33,36)/t2*18-/m10/s1. The van der Waals surface area contributed by atoms with Gasteiger partial charge in [-0.1, -0.05) is 76.2 Å². The molecular formula is C58H56F6N6O6S2. The first-order chi connectivity index (χ1) is 36.9. The lowest BCUT2D eigenvalue weighted by molar-refractivity contribution is -0.138. The molecule has 2 heterocycles. The van der Waals surface area contributed by atoms with Gasteiger partial charge in [-0.25, -0.2) is 26.8 Å². The molecule has 2 N–H and O–H groups in total. The number of carbonyl (C=O) groups excluding carboxylic acids is 2. The highest BCUT2D eigenvalue weighted by atomic mass is 32.2. The summed E-state index contributed by atoms with van der Waals surface area (Å²) in [5.41, 5.74) is 5.56. The fourth-order valence-electron chi connectivity index (χ4n) is 9.31. The molecule has 78 heavy (non-hydrogen) atoms. The van der Waals surface area contributed by atoms with Gasteiger partial charge in [0.1, 0.15) is 11.6 Å². The number of hydrogen-bond acceptors (Lipinski definition) is 8. The summed E-state index contributed by atoms with van der Waals surface area (Å²) >= 11 is 0. The SMILES string of the molecule is CCS(=O)(=O)c1ccc(CNC(=O)c2ccc3c(c2)nc([C@@H](C)c2ccc(C(F)(F)F)cc2)n3C2CC2)cc1.CCS(=O)(=O)c1ccc(CNC(=O)c2ccc3c(c2)nc([C@H](C)c2ccc(C(F)(F)F)cc2)n3C2CC2)cc1. The van der Waals surface area contributed by atoms with Gasteiger partial charge in [-0.3, -0.25) is 9.59 Å². The Balaban J connectivity index is 0.000000190. The molecule has 2 aliphatic carbocycles. The third-order valence-corrected chi connectivity index (χ3v) is 17.8. The van der Waals surface area contributed by atoms with Crippen LogP contribution >= 0.6 is 0 Å². The van der Waals surface area contributed by atoms with Crippen LogP contribution in [0.4, 0.5) is 26.3 Å². The molecule has 0 saturated heterocycles. The first-order valence-electron chi connectivity index (χ1n) is 25.5. The van der Waals surface area contributed by atoms with E-state index in [2.05, 4.69) is 19.8 Å². The number of aromatic nitrogens is 4. The molecule has 12 nitrogen and oxygen atoms in total. The summed E-state index contributed by atoms with van der Waals surface area (Å²) < 4.78 is 130. The van der Waals surface area contributed by atoms with E-state index in [0.717, 1.165) is 94.9 Å². The largest absolute Gasteiger partial charge is 0.416 e. The summed E-state index contributed by atoms with van der Waals surface area (Å²) in [6, 6.07) is 34.4. The molecular weight excluding hydrogens is 1050 g/mol.